The molecule has 23 heavy (non-hydrogen) atoms. The predicted molar refractivity (Wildman–Crippen MR) is 91.9 cm³/mol. The minimum absolute atomic E-state index is 0.0318. The quantitative estimate of drug-likeness (QED) is 0.809. The Morgan fingerprint density at radius 2 is 1.96 bits per heavy atom. The minimum atomic E-state index is -0.272. The molecule has 1 amide bonds. The van der Waals surface area contributed by atoms with Crippen molar-refractivity contribution in [3.05, 3.63) is 65.5 Å². The van der Waals surface area contributed by atoms with Crippen molar-refractivity contribution in [2.45, 2.75) is 32.7 Å². The largest absolute Gasteiger partial charge is 0.326 e. The van der Waals surface area contributed by atoms with E-state index >= 15 is 0 Å². The van der Waals surface area contributed by atoms with Crippen molar-refractivity contribution < 1.29 is 9.18 Å². The maximum absolute atomic E-state index is 13.3. The Labute approximate surface area is 136 Å². The zero-order valence-corrected chi connectivity index (χ0v) is 13.6. The van der Waals surface area contributed by atoms with Gasteiger partial charge in [-0.2, -0.15) is 0 Å². The molecule has 0 fully saturated rings. The van der Waals surface area contributed by atoms with Crippen molar-refractivity contribution in [3.8, 4) is 0 Å². The molecule has 0 aliphatic carbocycles. The molecule has 0 aliphatic rings. The van der Waals surface area contributed by atoms with Crippen LogP contribution in [0.25, 0.3) is 0 Å². The molecular weight excluding hydrogens is 291 g/mol. The van der Waals surface area contributed by atoms with Crippen molar-refractivity contribution >= 4 is 11.6 Å². The van der Waals surface area contributed by atoms with Crippen molar-refractivity contribution in [2.24, 2.45) is 0 Å². The Balaban J connectivity index is 1.94. The van der Waals surface area contributed by atoms with Gasteiger partial charge in [-0.15, -0.1) is 0 Å². The van der Waals surface area contributed by atoms with Gasteiger partial charge in [0.1, 0.15) is 5.82 Å². The van der Waals surface area contributed by atoms with Crippen molar-refractivity contribution in [3.63, 3.8) is 0 Å². The minimum Gasteiger partial charge on any atom is -0.326 e. The van der Waals surface area contributed by atoms with Crippen LogP contribution in [0.5, 0.6) is 0 Å². The van der Waals surface area contributed by atoms with E-state index in [1.54, 1.807) is 6.07 Å². The molecule has 2 aromatic carbocycles. The van der Waals surface area contributed by atoms with Crippen LogP contribution < -0.4 is 10.6 Å². The summed E-state index contributed by atoms with van der Waals surface area (Å²) in [4.78, 5) is 12.2. The SMILES string of the molecule is CCNCc1cccc(NC(=O)CC(C)c2cccc(F)c2)c1. The lowest BCUT2D eigenvalue weighted by atomic mass is 9.97. The molecule has 2 aromatic rings. The monoisotopic (exact) mass is 314 g/mol. The number of amides is 1. The molecule has 4 heteroatoms. The predicted octanol–water partition coefficient (Wildman–Crippen LogP) is 4.07. The van der Waals surface area contributed by atoms with Crippen LogP contribution in [0.1, 0.15) is 37.3 Å². The third-order valence-electron chi connectivity index (χ3n) is 3.70. The van der Waals surface area contributed by atoms with Gasteiger partial charge in [-0.1, -0.05) is 38.1 Å². The van der Waals surface area contributed by atoms with Gasteiger partial charge in [0.2, 0.25) is 5.91 Å². The van der Waals surface area contributed by atoms with Gasteiger partial charge in [0.15, 0.2) is 0 Å². The van der Waals surface area contributed by atoms with E-state index in [1.807, 2.05) is 37.3 Å². The highest BCUT2D eigenvalue weighted by Gasteiger charge is 2.12. The maximum Gasteiger partial charge on any atom is 0.224 e. The van der Waals surface area contributed by atoms with Crippen LogP contribution in [0, 0.1) is 5.82 Å². The molecule has 122 valence electrons. The summed E-state index contributed by atoms with van der Waals surface area (Å²) in [5.41, 5.74) is 2.75. The fraction of sp³-hybridized carbons (Fsp3) is 0.316. The summed E-state index contributed by atoms with van der Waals surface area (Å²) in [6.45, 7) is 5.66. The lowest BCUT2D eigenvalue weighted by Gasteiger charge is -2.13. The number of carbonyl (C=O) groups is 1. The first-order chi connectivity index (χ1) is 11.1. The first-order valence-electron chi connectivity index (χ1n) is 7.93. The van der Waals surface area contributed by atoms with E-state index in [9.17, 15) is 9.18 Å². The van der Waals surface area contributed by atoms with Crippen LogP contribution >= 0.6 is 0 Å². The average molecular weight is 314 g/mol. The summed E-state index contributed by atoms with van der Waals surface area (Å²) in [6, 6.07) is 14.2. The Morgan fingerprint density at radius 3 is 2.70 bits per heavy atom. The van der Waals surface area contributed by atoms with Crippen LogP contribution in [-0.2, 0) is 11.3 Å². The summed E-state index contributed by atoms with van der Waals surface area (Å²) in [5, 5.41) is 6.17. The highest BCUT2D eigenvalue weighted by atomic mass is 19.1. The summed E-state index contributed by atoms with van der Waals surface area (Å²) in [5.74, 6) is -0.371. The van der Waals surface area contributed by atoms with Gasteiger partial charge < -0.3 is 10.6 Å². The van der Waals surface area contributed by atoms with Crippen LogP contribution in [-0.4, -0.2) is 12.5 Å². The fourth-order valence-electron chi connectivity index (χ4n) is 2.45. The number of rotatable bonds is 7. The first kappa shape index (κ1) is 17.2. The van der Waals surface area contributed by atoms with E-state index in [-0.39, 0.29) is 17.6 Å². The Bertz CT molecular complexity index is 657. The molecule has 0 aliphatic heterocycles. The van der Waals surface area contributed by atoms with Gasteiger partial charge in [0, 0.05) is 18.7 Å². The molecule has 0 heterocycles. The van der Waals surface area contributed by atoms with Crippen molar-refractivity contribution in [2.75, 3.05) is 11.9 Å². The highest BCUT2D eigenvalue weighted by Crippen LogP contribution is 2.21. The molecule has 2 N–H and O–H groups in total. The molecule has 0 saturated carbocycles. The lowest BCUT2D eigenvalue weighted by molar-refractivity contribution is -0.116. The molecule has 1 unspecified atom stereocenters. The van der Waals surface area contributed by atoms with E-state index < -0.39 is 0 Å². The van der Waals surface area contributed by atoms with E-state index in [2.05, 4.69) is 17.6 Å². The van der Waals surface area contributed by atoms with Crippen LogP contribution in [0.3, 0.4) is 0 Å². The van der Waals surface area contributed by atoms with Crippen molar-refractivity contribution in [1.82, 2.24) is 5.32 Å². The third-order valence-corrected chi connectivity index (χ3v) is 3.70. The van der Waals surface area contributed by atoms with Crippen molar-refractivity contribution in [1.29, 1.82) is 0 Å². The second kappa shape index (κ2) is 8.44. The zero-order valence-electron chi connectivity index (χ0n) is 13.6. The summed E-state index contributed by atoms with van der Waals surface area (Å²) in [6.07, 6.45) is 0.320. The standard InChI is InChI=1S/C19H23FN2O/c1-3-21-13-15-6-4-9-18(11-15)22-19(23)10-14(2)16-7-5-8-17(20)12-16/h4-9,11-12,14,21H,3,10,13H2,1-2H3,(H,22,23). The van der Waals surface area contributed by atoms with Gasteiger partial charge in [0.25, 0.3) is 0 Å². The van der Waals surface area contributed by atoms with Gasteiger partial charge >= 0.3 is 0 Å². The average Bonchev–Trinajstić information content (AvgIpc) is 2.53. The number of hydrogen-bond acceptors (Lipinski definition) is 2. The lowest BCUT2D eigenvalue weighted by Crippen LogP contribution is -2.15. The zero-order chi connectivity index (χ0) is 16.7. The van der Waals surface area contributed by atoms with Crippen LogP contribution in [0.2, 0.25) is 0 Å². The highest BCUT2D eigenvalue weighted by molar-refractivity contribution is 5.91. The normalized spacial score (nSPS) is 12.0. The second-order valence-electron chi connectivity index (χ2n) is 5.69. The molecule has 0 spiro atoms. The number of anilines is 1. The van der Waals surface area contributed by atoms with Gasteiger partial charge in [-0.05, 0) is 47.9 Å². The Hall–Kier alpha value is -2.20. The number of carbonyl (C=O) groups excluding carboxylic acids is 1. The number of halogens is 1. The summed E-state index contributed by atoms with van der Waals surface area (Å²) >= 11 is 0. The summed E-state index contributed by atoms with van der Waals surface area (Å²) < 4.78 is 13.3. The molecule has 0 saturated heterocycles. The topological polar surface area (TPSA) is 41.1 Å². The van der Waals surface area contributed by atoms with E-state index in [1.165, 1.54) is 12.1 Å². The van der Waals surface area contributed by atoms with Gasteiger partial charge in [0.05, 0.1) is 0 Å². The smallest absolute Gasteiger partial charge is 0.224 e. The Morgan fingerprint density at radius 1 is 1.17 bits per heavy atom. The fourth-order valence-corrected chi connectivity index (χ4v) is 2.45. The van der Waals surface area contributed by atoms with Crippen LogP contribution in [0.4, 0.5) is 10.1 Å². The number of benzene rings is 2. The first-order valence-corrected chi connectivity index (χ1v) is 7.93. The third kappa shape index (κ3) is 5.49. The number of hydrogen-bond donors (Lipinski definition) is 2. The maximum atomic E-state index is 13.3. The molecule has 0 bridgehead atoms. The molecule has 0 radical (unpaired) electrons. The second-order valence-corrected chi connectivity index (χ2v) is 5.69. The van der Waals surface area contributed by atoms with E-state index in [4.69, 9.17) is 0 Å². The Kier molecular flexibility index (Phi) is 6.29. The molecule has 1 atom stereocenters. The molecular formula is C19H23FN2O. The number of nitrogens with one attached hydrogen (secondary N) is 2. The van der Waals surface area contributed by atoms with E-state index in [0.29, 0.717) is 6.42 Å². The summed E-state index contributed by atoms with van der Waals surface area (Å²) in [7, 11) is 0. The molecule has 0 aromatic heterocycles. The van der Waals surface area contributed by atoms with Gasteiger partial charge in [-0.25, -0.2) is 4.39 Å². The van der Waals surface area contributed by atoms with Gasteiger partial charge in [-0.3, -0.25) is 4.79 Å². The molecule has 3 nitrogen and oxygen atoms in total. The van der Waals surface area contributed by atoms with Crippen LogP contribution in [0.15, 0.2) is 48.5 Å². The van der Waals surface area contributed by atoms with E-state index in [0.717, 1.165) is 29.9 Å². The molecule has 2 rings (SSSR count).